The van der Waals surface area contributed by atoms with Crippen molar-refractivity contribution in [2.75, 3.05) is 91.7 Å². The summed E-state index contributed by atoms with van der Waals surface area (Å²) in [6.45, 7) is 11.7. The van der Waals surface area contributed by atoms with Crippen LogP contribution in [0, 0.1) is 11.8 Å². The Hall–Kier alpha value is -5.02. The van der Waals surface area contributed by atoms with Gasteiger partial charge in [0.1, 0.15) is 18.2 Å². The van der Waals surface area contributed by atoms with Gasteiger partial charge in [0.2, 0.25) is 23.6 Å². The van der Waals surface area contributed by atoms with E-state index in [9.17, 15) is 32.3 Å². The molecule has 3 saturated heterocycles. The second-order valence-corrected chi connectivity index (χ2v) is 20.3. The summed E-state index contributed by atoms with van der Waals surface area (Å²) in [5.41, 5.74) is 0.390. The third kappa shape index (κ3) is 12.8. The molecule has 0 radical (unpaired) electrons. The third-order valence-corrected chi connectivity index (χ3v) is 15.8. The van der Waals surface area contributed by atoms with Gasteiger partial charge in [-0.15, -0.1) is 0 Å². The number of ether oxygens (including phenoxy) is 2. The monoisotopic (exact) mass is 992 g/mol. The largest absolute Gasteiger partial charge is 0.416 e. The van der Waals surface area contributed by atoms with E-state index in [2.05, 4.69) is 66.5 Å². The highest BCUT2D eigenvalue weighted by atomic mass is 19.4. The molecule has 71 heavy (non-hydrogen) atoms. The Bertz CT molecular complexity index is 2280. The molecule has 2 aromatic heterocycles. The maximum atomic E-state index is 14.1. The van der Waals surface area contributed by atoms with Gasteiger partial charge in [-0.1, -0.05) is 6.07 Å². The number of carbonyl (C=O) groups excluding carboxylic acids is 4. The summed E-state index contributed by atoms with van der Waals surface area (Å²) < 4.78 is 52.4. The lowest BCUT2D eigenvalue weighted by molar-refractivity contribution is -0.137. The van der Waals surface area contributed by atoms with E-state index < -0.39 is 23.7 Å². The van der Waals surface area contributed by atoms with Crippen molar-refractivity contribution in [2.45, 2.75) is 120 Å². The number of amides is 4. The van der Waals surface area contributed by atoms with E-state index >= 15 is 0 Å². The first-order valence-corrected chi connectivity index (χ1v) is 25.6. The number of hydrogen-bond acceptors (Lipinski definition) is 13. The fourth-order valence-electron chi connectivity index (χ4n) is 11.5. The molecule has 3 aromatic rings. The van der Waals surface area contributed by atoms with Crippen LogP contribution in [-0.4, -0.2) is 186 Å². The van der Waals surface area contributed by atoms with Crippen molar-refractivity contribution in [3.8, 4) is 0 Å². The Morgan fingerprint density at radius 3 is 2.38 bits per heavy atom. The third-order valence-electron chi connectivity index (χ3n) is 15.8. The average Bonchev–Trinajstić information content (AvgIpc) is 3.89. The van der Waals surface area contributed by atoms with Gasteiger partial charge >= 0.3 is 6.18 Å². The van der Waals surface area contributed by atoms with Crippen LogP contribution in [0.2, 0.25) is 0 Å². The Morgan fingerprint density at radius 2 is 1.66 bits per heavy atom. The number of hydrogen-bond donors (Lipinski definition) is 3. The summed E-state index contributed by atoms with van der Waals surface area (Å²) in [6.07, 6.45) is 6.65. The minimum Gasteiger partial charge on any atom is -0.378 e. The van der Waals surface area contributed by atoms with Gasteiger partial charge in [-0.25, -0.2) is 9.97 Å². The van der Waals surface area contributed by atoms with Crippen molar-refractivity contribution in [1.29, 1.82) is 0 Å². The normalized spacial score (nSPS) is 27.0. The lowest BCUT2D eigenvalue weighted by Crippen LogP contribution is -2.59. The summed E-state index contributed by atoms with van der Waals surface area (Å²) in [4.78, 5) is 77.1. The van der Waals surface area contributed by atoms with Crippen molar-refractivity contribution in [3.63, 3.8) is 0 Å². The highest BCUT2D eigenvalue weighted by Gasteiger charge is 2.45. The molecule has 0 unspecified atom stereocenters. The van der Waals surface area contributed by atoms with E-state index in [1.54, 1.807) is 24.3 Å². The van der Waals surface area contributed by atoms with Crippen molar-refractivity contribution in [3.05, 3.63) is 60.2 Å². The second-order valence-electron chi connectivity index (χ2n) is 20.3. The maximum Gasteiger partial charge on any atom is 0.416 e. The molecular weight excluding hydrogens is 920 g/mol. The first-order chi connectivity index (χ1) is 34.2. The standard InChI is InChI=1S/C51H72F3N11O6/c1-33(2)61(3)38-12-14-44(65-18-15-42(50(65)69)59-47-39-28-36(51(52,53)54)9-13-41(39)57-32-58-47)43(29-38)60-48(67)34-7-10-37(11-8-34)64-21-19-63(20-22-64)23-25-71-27-26-70-24-17-56-49(68)40-30-45(66)62(4)46(40)35-6-5-16-55-31-35/h5-6,9,13,16,28,31-34,37-38,40,42-44,46H,7-8,10-12,14-15,17-27,29-30H2,1-4H3,(H,56,68)(H,60,67)(H,57,58,59)/t34?,37?,38-,40+,42+,43-,44+,46-/m1/s1. The zero-order valence-electron chi connectivity index (χ0n) is 41.6. The SMILES string of the molecule is CC(C)N(C)[C@@H]1CC[C@H](N2CC[C@H](Nc3ncnc4ccc(C(F)(F)F)cc34)C2=O)[C@H](NC(=O)C2CCC(N3CCN(CCOCCOCCNC(=O)[C@H]4CC(=O)N(C)[C@@H]4c4cccnc4)CC3)CC2)C1. The molecule has 2 saturated carbocycles. The molecule has 3 N–H and O–H groups in total. The van der Waals surface area contributed by atoms with Gasteiger partial charge in [0.15, 0.2) is 0 Å². The summed E-state index contributed by atoms with van der Waals surface area (Å²) in [7, 11) is 3.84. The number of pyridine rings is 1. The van der Waals surface area contributed by atoms with Crippen LogP contribution >= 0.6 is 0 Å². The molecule has 4 amide bonds. The van der Waals surface area contributed by atoms with Crippen molar-refractivity contribution in [1.82, 2.24) is 50.1 Å². The van der Waals surface area contributed by atoms with Crippen LogP contribution < -0.4 is 16.0 Å². The number of likely N-dealkylation sites (tertiary alicyclic amines) is 2. The molecular formula is C51H72F3N11O6. The number of nitrogens with one attached hydrogen (secondary N) is 3. The van der Waals surface area contributed by atoms with Crippen LogP contribution in [0.3, 0.4) is 0 Å². The highest BCUT2D eigenvalue weighted by Crippen LogP contribution is 2.38. The van der Waals surface area contributed by atoms with Crippen LogP contribution in [0.1, 0.15) is 88.8 Å². The van der Waals surface area contributed by atoms with E-state index in [1.165, 1.54) is 12.4 Å². The van der Waals surface area contributed by atoms with Gasteiger partial charge in [-0.2, -0.15) is 13.2 Å². The lowest BCUT2D eigenvalue weighted by atomic mass is 9.82. The quantitative estimate of drug-likeness (QED) is 0.145. The molecule has 1 aromatic carbocycles. The van der Waals surface area contributed by atoms with E-state index in [4.69, 9.17) is 9.47 Å². The van der Waals surface area contributed by atoms with Gasteiger partial charge < -0.3 is 40.1 Å². The predicted molar refractivity (Wildman–Crippen MR) is 261 cm³/mol. The Balaban J connectivity index is 0.733. The van der Waals surface area contributed by atoms with Crippen LogP contribution in [0.15, 0.2) is 49.1 Å². The minimum atomic E-state index is -4.53. The number of nitrogens with zero attached hydrogens (tertiary/aromatic N) is 8. The zero-order chi connectivity index (χ0) is 50.2. The van der Waals surface area contributed by atoms with Crippen LogP contribution in [0.5, 0.6) is 0 Å². The molecule has 3 aliphatic heterocycles. The topological polar surface area (TPSA) is 178 Å². The number of fused-ring (bicyclic) bond motifs is 1. The van der Waals surface area contributed by atoms with E-state index in [0.717, 1.165) is 95.4 Å². The fraction of sp³-hybridized carbons (Fsp3) is 0.667. The van der Waals surface area contributed by atoms with Gasteiger partial charge in [-0.05, 0) is 102 Å². The number of carbonyl (C=O) groups is 4. The molecule has 8 rings (SSSR count). The molecule has 0 spiro atoms. The van der Waals surface area contributed by atoms with Crippen molar-refractivity contribution < 1.29 is 41.8 Å². The molecule has 5 fully saturated rings. The fourth-order valence-corrected chi connectivity index (χ4v) is 11.5. The molecule has 5 aliphatic rings. The predicted octanol–water partition coefficient (Wildman–Crippen LogP) is 4.35. The number of anilines is 1. The Kier molecular flexibility index (Phi) is 17.4. The number of aromatic nitrogens is 3. The molecule has 0 bridgehead atoms. The van der Waals surface area contributed by atoms with Gasteiger partial charge in [-0.3, -0.25) is 34.0 Å². The molecule has 20 heteroatoms. The number of alkyl halides is 3. The van der Waals surface area contributed by atoms with E-state index in [-0.39, 0.29) is 71.3 Å². The van der Waals surface area contributed by atoms with E-state index in [0.29, 0.717) is 63.5 Å². The molecule has 6 atom stereocenters. The molecule has 2 aliphatic carbocycles. The Morgan fingerprint density at radius 1 is 0.901 bits per heavy atom. The molecule has 388 valence electrons. The van der Waals surface area contributed by atoms with E-state index in [1.807, 2.05) is 17.0 Å². The smallest absolute Gasteiger partial charge is 0.378 e. The van der Waals surface area contributed by atoms with Crippen LogP contribution in [0.4, 0.5) is 19.0 Å². The zero-order valence-corrected chi connectivity index (χ0v) is 41.6. The van der Waals surface area contributed by atoms with Gasteiger partial charge in [0, 0.05) is 101 Å². The summed E-state index contributed by atoms with van der Waals surface area (Å²) in [5.74, 6) is -0.680. The number of halogens is 3. The van der Waals surface area contributed by atoms with Crippen LogP contribution in [-0.2, 0) is 34.8 Å². The maximum absolute atomic E-state index is 14.1. The van der Waals surface area contributed by atoms with Crippen molar-refractivity contribution >= 4 is 40.3 Å². The number of piperazine rings is 1. The summed E-state index contributed by atoms with van der Waals surface area (Å²) >= 11 is 0. The first-order valence-electron chi connectivity index (χ1n) is 25.6. The molecule has 17 nitrogen and oxygen atoms in total. The Labute approximate surface area is 414 Å². The number of rotatable bonds is 19. The first kappa shape index (κ1) is 52.3. The van der Waals surface area contributed by atoms with Crippen molar-refractivity contribution in [2.24, 2.45) is 11.8 Å². The number of benzene rings is 1. The van der Waals surface area contributed by atoms with Crippen LogP contribution in [0.25, 0.3) is 10.9 Å². The molecule has 5 heterocycles. The average molecular weight is 992 g/mol. The minimum absolute atomic E-state index is 0.0594. The second kappa shape index (κ2) is 23.7. The van der Waals surface area contributed by atoms with Gasteiger partial charge in [0.05, 0.1) is 61.6 Å². The van der Waals surface area contributed by atoms with Gasteiger partial charge in [0.25, 0.3) is 0 Å². The summed E-state index contributed by atoms with van der Waals surface area (Å²) in [6, 6.07) is 6.62. The lowest BCUT2D eigenvalue weighted by Gasteiger charge is -2.45. The summed E-state index contributed by atoms with van der Waals surface area (Å²) in [5, 5.41) is 9.75. The highest BCUT2D eigenvalue weighted by molar-refractivity contribution is 5.93.